The lowest BCUT2D eigenvalue weighted by atomic mass is 10.2. The average molecular weight is 287 g/mol. The lowest BCUT2D eigenvalue weighted by Gasteiger charge is -2.23. The number of β-amino-alcohol motifs (C(OH)–C–C–N with tert-alkyl or cyclic N) is 1. The molecular formula is C12H21N3O5. The second kappa shape index (κ2) is 7.09. The molecule has 0 aromatic rings. The van der Waals surface area contributed by atoms with E-state index in [0.717, 1.165) is 4.90 Å². The van der Waals surface area contributed by atoms with E-state index in [-0.39, 0.29) is 25.4 Å². The summed E-state index contributed by atoms with van der Waals surface area (Å²) in [4.78, 5) is 37.2. The molecule has 1 aliphatic heterocycles. The van der Waals surface area contributed by atoms with Crippen molar-refractivity contribution >= 4 is 17.9 Å². The highest BCUT2D eigenvalue weighted by Crippen LogP contribution is 2.17. The van der Waals surface area contributed by atoms with Crippen LogP contribution >= 0.6 is 0 Å². The van der Waals surface area contributed by atoms with Gasteiger partial charge in [0, 0.05) is 26.1 Å². The summed E-state index contributed by atoms with van der Waals surface area (Å²) in [7, 11) is 0. The quantitative estimate of drug-likeness (QED) is 0.606. The second-order valence-corrected chi connectivity index (χ2v) is 4.62. The highest BCUT2D eigenvalue weighted by molar-refractivity contribution is 5.87. The van der Waals surface area contributed by atoms with Crippen LogP contribution in [0.2, 0.25) is 0 Å². The fourth-order valence-corrected chi connectivity index (χ4v) is 2.21. The Morgan fingerprint density at radius 2 is 1.90 bits per heavy atom. The van der Waals surface area contributed by atoms with E-state index in [0.29, 0.717) is 13.1 Å². The smallest absolute Gasteiger partial charge is 0.326 e. The molecule has 1 saturated heterocycles. The molecule has 8 heteroatoms. The number of carbonyl (C=O) groups is 3. The molecule has 114 valence electrons. The van der Waals surface area contributed by atoms with Gasteiger partial charge >= 0.3 is 12.0 Å². The molecule has 1 aliphatic rings. The van der Waals surface area contributed by atoms with Gasteiger partial charge in [-0.2, -0.15) is 0 Å². The Kier molecular flexibility index (Phi) is 5.75. The van der Waals surface area contributed by atoms with Crippen molar-refractivity contribution in [2.45, 2.75) is 32.4 Å². The van der Waals surface area contributed by atoms with Gasteiger partial charge in [-0.15, -0.1) is 0 Å². The molecule has 2 atom stereocenters. The zero-order valence-electron chi connectivity index (χ0n) is 11.7. The SMILES string of the molecule is CCN(CC)C(=O)CNC(=O)N1CC(O)C[C@H]1C(=O)O. The van der Waals surface area contributed by atoms with Crippen molar-refractivity contribution in [3.05, 3.63) is 0 Å². The Balaban J connectivity index is 2.54. The van der Waals surface area contributed by atoms with Crippen LogP contribution in [0.3, 0.4) is 0 Å². The maximum Gasteiger partial charge on any atom is 0.326 e. The second-order valence-electron chi connectivity index (χ2n) is 4.62. The molecule has 0 saturated carbocycles. The normalized spacial score (nSPS) is 21.6. The molecule has 0 bridgehead atoms. The van der Waals surface area contributed by atoms with Crippen molar-refractivity contribution in [2.24, 2.45) is 0 Å². The Morgan fingerprint density at radius 3 is 2.40 bits per heavy atom. The van der Waals surface area contributed by atoms with E-state index in [1.807, 2.05) is 13.8 Å². The van der Waals surface area contributed by atoms with Crippen LogP contribution in [0.1, 0.15) is 20.3 Å². The average Bonchev–Trinajstić information content (AvgIpc) is 2.79. The van der Waals surface area contributed by atoms with E-state index in [1.165, 1.54) is 0 Å². The minimum absolute atomic E-state index is 0.00669. The predicted octanol–water partition coefficient (Wildman–Crippen LogP) is -0.916. The first-order chi connectivity index (χ1) is 9.40. The molecule has 0 radical (unpaired) electrons. The van der Waals surface area contributed by atoms with Crippen LogP contribution in [0, 0.1) is 0 Å². The number of likely N-dealkylation sites (tertiary alicyclic amines) is 1. The van der Waals surface area contributed by atoms with Gasteiger partial charge in [0.25, 0.3) is 0 Å². The van der Waals surface area contributed by atoms with Crippen LogP contribution in [0.15, 0.2) is 0 Å². The van der Waals surface area contributed by atoms with E-state index < -0.39 is 24.1 Å². The Hall–Kier alpha value is -1.83. The zero-order chi connectivity index (χ0) is 15.3. The fourth-order valence-electron chi connectivity index (χ4n) is 2.21. The molecule has 1 fully saturated rings. The number of nitrogens with one attached hydrogen (secondary N) is 1. The van der Waals surface area contributed by atoms with Crippen molar-refractivity contribution in [1.82, 2.24) is 15.1 Å². The number of aliphatic carboxylic acids is 1. The number of likely N-dealkylation sites (N-methyl/N-ethyl adjacent to an activating group) is 1. The maximum absolute atomic E-state index is 11.9. The number of carbonyl (C=O) groups excluding carboxylic acids is 2. The molecular weight excluding hydrogens is 266 g/mol. The van der Waals surface area contributed by atoms with Gasteiger partial charge in [0.1, 0.15) is 6.04 Å². The lowest BCUT2D eigenvalue weighted by molar-refractivity contribution is -0.141. The molecule has 20 heavy (non-hydrogen) atoms. The standard InChI is InChI=1S/C12H21N3O5/c1-3-14(4-2)10(17)6-13-12(20)15-7-8(16)5-9(15)11(18)19/h8-9,16H,3-7H2,1-2H3,(H,13,20)(H,18,19)/t8?,9-/m0/s1. The maximum atomic E-state index is 11.9. The van der Waals surface area contributed by atoms with Crippen LogP contribution in [-0.2, 0) is 9.59 Å². The summed E-state index contributed by atoms with van der Waals surface area (Å²) in [5.41, 5.74) is 0. The van der Waals surface area contributed by atoms with Gasteiger partial charge in [0.2, 0.25) is 5.91 Å². The fraction of sp³-hybridized carbons (Fsp3) is 0.750. The summed E-state index contributed by atoms with van der Waals surface area (Å²) in [6.07, 6.45) is -0.840. The van der Waals surface area contributed by atoms with Gasteiger partial charge < -0.3 is 25.3 Å². The van der Waals surface area contributed by atoms with Gasteiger partial charge in [-0.05, 0) is 13.8 Å². The third-order valence-electron chi connectivity index (χ3n) is 3.33. The number of rotatable bonds is 5. The van der Waals surface area contributed by atoms with E-state index in [1.54, 1.807) is 4.90 Å². The van der Waals surface area contributed by atoms with Crippen LogP contribution in [0.25, 0.3) is 0 Å². The molecule has 1 heterocycles. The largest absolute Gasteiger partial charge is 0.480 e. The zero-order valence-corrected chi connectivity index (χ0v) is 11.7. The number of hydrogen-bond donors (Lipinski definition) is 3. The van der Waals surface area contributed by atoms with Gasteiger partial charge in [-0.1, -0.05) is 0 Å². The Labute approximate surface area is 117 Å². The number of carboxylic acid groups (broad SMARTS) is 1. The predicted molar refractivity (Wildman–Crippen MR) is 70.1 cm³/mol. The minimum Gasteiger partial charge on any atom is -0.480 e. The monoisotopic (exact) mass is 287 g/mol. The Bertz CT molecular complexity index is 383. The summed E-state index contributed by atoms with van der Waals surface area (Å²) >= 11 is 0. The summed E-state index contributed by atoms with van der Waals surface area (Å²) in [5, 5.41) is 20.8. The van der Waals surface area contributed by atoms with E-state index in [2.05, 4.69) is 5.32 Å². The number of urea groups is 1. The number of aliphatic hydroxyl groups excluding tert-OH is 1. The molecule has 8 nitrogen and oxygen atoms in total. The lowest BCUT2D eigenvalue weighted by Crippen LogP contribution is -2.49. The number of aliphatic hydroxyl groups is 1. The van der Waals surface area contributed by atoms with Crippen LogP contribution < -0.4 is 5.32 Å². The number of hydrogen-bond acceptors (Lipinski definition) is 4. The Morgan fingerprint density at radius 1 is 1.30 bits per heavy atom. The molecule has 3 N–H and O–H groups in total. The number of nitrogens with zero attached hydrogens (tertiary/aromatic N) is 2. The van der Waals surface area contributed by atoms with E-state index in [4.69, 9.17) is 5.11 Å². The molecule has 1 unspecified atom stereocenters. The summed E-state index contributed by atoms with van der Waals surface area (Å²) < 4.78 is 0. The first-order valence-corrected chi connectivity index (χ1v) is 6.63. The molecule has 1 rings (SSSR count). The molecule has 0 aromatic heterocycles. The summed E-state index contributed by atoms with van der Waals surface area (Å²) in [6, 6.07) is -1.69. The number of carboxylic acids is 1. The third kappa shape index (κ3) is 3.83. The molecule has 0 spiro atoms. The number of amides is 3. The molecule has 0 aliphatic carbocycles. The van der Waals surface area contributed by atoms with Crippen LogP contribution in [0.5, 0.6) is 0 Å². The van der Waals surface area contributed by atoms with Crippen LogP contribution in [0.4, 0.5) is 4.79 Å². The van der Waals surface area contributed by atoms with Crippen molar-refractivity contribution in [3.63, 3.8) is 0 Å². The van der Waals surface area contributed by atoms with Gasteiger partial charge in [-0.25, -0.2) is 9.59 Å². The van der Waals surface area contributed by atoms with Crippen molar-refractivity contribution < 1.29 is 24.6 Å². The van der Waals surface area contributed by atoms with Crippen molar-refractivity contribution in [2.75, 3.05) is 26.2 Å². The van der Waals surface area contributed by atoms with Gasteiger partial charge in [-0.3, -0.25) is 4.79 Å². The van der Waals surface area contributed by atoms with Crippen molar-refractivity contribution in [1.29, 1.82) is 0 Å². The summed E-state index contributed by atoms with van der Waals surface area (Å²) in [5.74, 6) is -1.39. The summed E-state index contributed by atoms with van der Waals surface area (Å²) in [6.45, 7) is 4.54. The minimum atomic E-state index is -1.16. The molecule has 3 amide bonds. The van der Waals surface area contributed by atoms with Crippen molar-refractivity contribution in [3.8, 4) is 0 Å². The van der Waals surface area contributed by atoms with Gasteiger partial charge in [0.05, 0.1) is 12.6 Å². The van der Waals surface area contributed by atoms with E-state index in [9.17, 15) is 19.5 Å². The molecule has 0 aromatic carbocycles. The first kappa shape index (κ1) is 16.2. The first-order valence-electron chi connectivity index (χ1n) is 6.63. The topological polar surface area (TPSA) is 110 Å². The highest BCUT2D eigenvalue weighted by atomic mass is 16.4. The third-order valence-corrected chi connectivity index (χ3v) is 3.33. The van der Waals surface area contributed by atoms with E-state index >= 15 is 0 Å². The van der Waals surface area contributed by atoms with Gasteiger partial charge in [0.15, 0.2) is 0 Å². The highest BCUT2D eigenvalue weighted by Gasteiger charge is 2.39. The van der Waals surface area contributed by atoms with Crippen LogP contribution in [-0.4, -0.2) is 76.2 Å².